The Labute approximate surface area is 134 Å². The minimum absolute atomic E-state index is 0.0671. The van der Waals surface area contributed by atoms with E-state index < -0.39 is 10.0 Å². The van der Waals surface area contributed by atoms with E-state index in [1.54, 1.807) is 18.2 Å². The molecule has 3 aromatic carbocycles. The van der Waals surface area contributed by atoms with Crippen molar-refractivity contribution < 1.29 is 18.3 Å². The van der Waals surface area contributed by atoms with E-state index in [0.29, 0.717) is 5.75 Å². The van der Waals surface area contributed by atoms with Gasteiger partial charge in [0.1, 0.15) is 11.5 Å². The molecule has 3 rings (SSSR count). The maximum Gasteiger partial charge on any atom is 0.262 e. The number of methoxy groups -OCH3 is 1. The normalized spacial score (nSPS) is 11.3. The molecule has 0 spiro atoms. The molecule has 118 valence electrons. The van der Waals surface area contributed by atoms with Crippen LogP contribution in [0.5, 0.6) is 11.5 Å². The molecule has 0 atom stereocenters. The van der Waals surface area contributed by atoms with Gasteiger partial charge in [-0.25, -0.2) is 8.42 Å². The maximum atomic E-state index is 12.5. The average Bonchev–Trinajstić information content (AvgIpc) is 2.56. The summed E-state index contributed by atoms with van der Waals surface area (Å²) in [5, 5.41) is 11.6. The second kappa shape index (κ2) is 5.81. The maximum absolute atomic E-state index is 12.5. The van der Waals surface area contributed by atoms with E-state index in [4.69, 9.17) is 4.74 Å². The minimum Gasteiger partial charge on any atom is -0.506 e. The number of hydrogen-bond acceptors (Lipinski definition) is 4. The molecule has 0 fully saturated rings. The van der Waals surface area contributed by atoms with Crippen LogP contribution in [0.2, 0.25) is 0 Å². The first kappa shape index (κ1) is 15.2. The van der Waals surface area contributed by atoms with Crippen LogP contribution in [-0.2, 0) is 10.0 Å². The fourth-order valence-electron chi connectivity index (χ4n) is 2.26. The van der Waals surface area contributed by atoms with Crippen molar-refractivity contribution in [3.8, 4) is 11.5 Å². The van der Waals surface area contributed by atoms with E-state index in [2.05, 4.69) is 4.72 Å². The van der Waals surface area contributed by atoms with Crippen LogP contribution in [0.15, 0.2) is 65.6 Å². The van der Waals surface area contributed by atoms with E-state index in [1.807, 2.05) is 24.3 Å². The molecule has 5 nitrogen and oxygen atoms in total. The van der Waals surface area contributed by atoms with Crippen LogP contribution in [0.4, 0.5) is 5.69 Å². The van der Waals surface area contributed by atoms with Gasteiger partial charge in [0.15, 0.2) is 0 Å². The summed E-state index contributed by atoms with van der Waals surface area (Å²) in [6.45, 7) is 0. The van der Waals surface area contributed by atoms with E-state index in [1.165, 1.54) is 25.3 Å². The van der Waals surface area contributed by atoms with E-state index in [-0.39, 0.29) is 16.3 Å². The van der Waals surface area contributed by atoms with Crippen LogP contribution in [0.25, 0.3) is 10.8 Å². The van der Waals surface area contributed by atoms with Gasteiger partial charge in [-0.05, 0) is 35.0 Å². The SMILES string of the molecule is COc1ccc(O)c(NS(=O)(=O)c2ccc3ccccc3c2)c1. The van der Waals surface area contributed by atoms with Gasteiger partial charge in [-0.1, -0.05) is 30.3 Å². The Morgan fingerprint density at radius 1 is 0.957 bits per heavy atom. The number of nitrogens with one attached hydrogen (secondary N) is 1. The molecular weight excluding hydrogens is 314 g/mol. The molecule has 0 unspecified atom stereocenters. The summed E-state index contributed by atoms with van der Waals surface area (Å²) in [5.41, 5.74) is 0.0671. The summed E-state index contributed by atoms with van der Waals surface area (Å²) in [7, 11) is -2.35. The average molecular weight is 329 g/mol. The van der Waals surface area contributed by atoms with E-state index >= 15 is 0 Å². The highest BCUT2D eigenvalue weighted by molar-refractivity contribution is 7.92. The van der Waals surface area contributed by atoms with Crippen molar-refractivity contribution in [1.29, 1.82) is 0 Å². The van der Waals surface area contributed by atoms with Crippen molar-refractivity contribution in [2.45, 2.75) is 4.90 Å². The summed E-state index contributed by atoms with van der Waals surface area (Å²) in [4.78, 5) is 0.124. The Morgan fingerprint density at radius 2 is 1.70 bits per heavy atom. The van der Waals surface area contributed by atoms with E-state index in [0.717, 1.165) is 10.8 Å². The number of rotatable bonds is 4. The van der Waals surface area contributed by atoms with Crippen molar-refractivity contribution >= 4 is 26.5 Å². The number of sulfonamides is 1. The number of fused-ring (bicyclic) bond motifs is 1. The zero-order valence-corrected chi connectivity index (χ0v) is 13.2. The van der Waals surface area contributed by atoms with E-state index in [9.17, 15) is 13.5 Å². The molecule has 0 saturated heterocycles. The highest BCUT2D eigenvalue weighted by atomic mass is 32.2. The molecule has 0 aromatic heterocycles. The van der Waals surface area contributed by atoms with Gasteiger partial charge >= 0.3 is 0 Å². The molecule has 2 N–H and O–H groups in total. The van der Waals surface area contributed by atoms with Crippen LogP contribution >= 0.6 is 0 Å². The largest absolute Gasteiger partial charge is 0.506 e. The molecule has 23 heavy (non-hydrogen) atoms. The predicted octanol–water partition coefficient (Wildman–Crippen LogP) is 3.35. The zero-order chi connectivity index (χ0) is 16.4. The first-order chi connectivity index (χ1) is 11.0. The fraction of sp³-hybridized carbons (Fsp3) is 0.0588. The lowest BCUT2D eigenvalue weighted by atomic mass is 10.1. The first-order valence-electron chi connectivity index (χ1n) is 6.88. The molecule has 0 amide bonds. The number of aromatic hydroxyl groups is 1. The Balaban J connectivity index is 2.00. The van der Waals surface area contributed by atoms with Gasteiger partial charge in [-0.15, -0.1) is 0 Å². The molecule has 0 heterocycles. The molecule has 0 saturated carbocycles. The van der Waals surface area contributed by atoms with Gasteiger partial charge in [-0.2, -0.15) is 0 Å². The smallest absolute Gasteiger partial charge is 0.262 e. The third kappa shape index (κ3) is 3.07. The zero-order valence-electron chi connectivity index (χ0n) is 12.4. The summed E-state index contributed by atoms with van der Waals surface area (Å²) in [6, 6.07) is 16.7. The van der Waals surface area contributed by atoms with Gasteiger partial charge in [0.2, 0.25) is 0 Å². The highest BCUT2D eigenvalue weighted by Gasteiger charge is 2.17. The number of ether oxygens (including phenoxy) is 1. The molecule has 0 radical (unpaired) electrons. The highest BCUT2D eigenvalue weighted by Crippen LogP contribution is 2.30. The molecular formula is C17H15NO4S. The quantitative estimate of drug-likeness (QED) is 0.720. The lowest BCUT2D eigenvalue weighted by molar-refractivity contribution is 0.413. The number of hydrogen-bond donors (Lipinski definition) is 2. The molecule has 3 aromatic rings. The molecule has 6 heteroatoms. The lowest BCUT2D eigenvalue weighted by Crippen LogP contribution is -2.13. The Morgan fingerprint density at radius 3 is 2.43 bits per heavy atom. The summed E-state index contributed by atoms with van der Waals surface area (Å²) < 4.78 is 32.5. The van der Waals surface area contributed by atoms with Crippen LogP contribution < -0.4 is 9.46 Å². The molecule has 0 bridgehead atoms. The third-order valence-corrected chi connectivity index (χ3v) is 4.84. The Kier molecular flexibility index (Phi) is 3.83. The number of phenols is 1. The molecule has 0 aliphatic rings. The van der Waals surface area contributed by atoms with Gasteiger partial charge in [0.25, 0.3) is 10.0 Å². The summed E-state index contributed by atoms with van der Waals surface area (Å²) in [6.07, 6.45) is 0. The van der Waals surface area contributed by atoms with Crippen molar-refractivity contribution in [3.63, 3.8) is 0 Å². The third-order valence-electron chi connectivity index (χ3n) is 3.48. The van der Waals surface area contributed by atoms with Gasteiger partial charge in [0.05, 0.1) is 17.7 Å². The summed E-state index contributed by atoms with van der Waals surface area (Å²) >= 11 is 0. The second-order valence-electron chi connectivity index (χ2n) is 5.00. The van der Waals surface area contributed by atoms with Crippen LogP contribution in [-0.4, -0.2) is 20.6 Å². The van der Waals surface area contributed by atoms with Crippen LogP contribution in [0.3, 0.4) is 0 Å². The van der Waals surface area contributed by atoms with Gasteiger partial charge in [0, 0.05) is 6.07 Å². The monoisotopic (exact) mass is 329 g/mol. The lowest BCUT2D eigenvalue weighted by Gasteiger charge is -2.11. The Hall–Kier alpha value is -2.73. The number of phenolic OH excluding ortho intramolecular Hbond substituents is 1. The second-order valence-corrected chi connectivity index (χ2v) is 6.68. The van der Waals surface area contributed by atoms with Gasteiger partial charge < -0.3 is 9.84 Å². The van der Waals surface area contributed by atoms with Gasteiger partial charge in [-0.3, -0.25) is 4.72 Å². The fourth-order valence-corrected chi connectivity index (χ4v) is 3.36. The molecule has 0 aliphatic heterocycles. The standard InChI is InChI=1S/C17H15NO4S/c1-22-14-7-9-17(19)16(11-14)18-23(20,21)15-8-6-12-4-2-3-5-13(12)10-15/h2-11,18-19H,1H3. The van der Waals surface area contributed by atoms with Crippen LogP contribution in [0, 0.1) is 0 Å². The van der Waals surface area contributed by atoms with Crippen molar-refractivity contribution in [2.75, 3.05) is 11.8 Å². The van der Waals surface area contributed by atoms with Crippen molar-refractivity contribution in [1.82, 2.24) is 0 Å². The first-order valence-corrected chi connectivity index (χ1v) is 8.36. The molecule has 0 aliphatic carbocycles. The van der Waals surface area contributed by atoms with Crippen molar-refractivity contribution in [2.24, 2.45) is 0 Å². The minimum atomic E-state index is -3.82. The Bertz CT molecular complexity index is 967. The topological polar surface area (TPSA) is 75.6 Å². The van der Waals surface area contributed by atoms with Crippen LogP contribution in [0.1, 0.15) is 0 Å². The van der Waals surface area contributed by atoms with Crippen molar-refractivity contribution in [3.05, 3.63) is 60.7 Å². The number of benzene rings is 3. The summed E-state index contributed by atoms with van der Waals surface area (Å²) in [5.74, 6) is 0.272. The predicted molar refractivity (Wildman–Crippen MR) is 89.4 cm³/mol. The number of anilines is 1.